The molecule has 0 spiro atoms. The van der Waals surface area contributed by atoms with Crippen LogP contribution >= 0.6 is 0 Å². The van der Waals surface area contributed by atoms with Crippen LogP contribution in [0.2, 0.25) is 0 Å². The zero-order valence-corrected chi connectivity index (χ0v) is 16.8. The molecular formula is C21H26N2O5. The van der Waals surface area contributed by atoms with Crippen molar-refractivity contribution in [3.63, 3.8) is 0 Å². The Morgan fingerprint density at radius 3 is 2.54 bits per heavy atom. The van der Waals surface area contributed by atoms with Crippen molar-refractivity contribution in [2.45, 2.75) is 46.7 Å². The number of ether oxygens (including phenoxy) is 1. The number of Topliss-reactive ketones (excluding diaryl/α,β-unsaturated/α-hetero) is 1. The maximum absolute atomic E-state index is 13.2. The van der Waals surface area contributed by atoms with Gasteiger partial charge in [-0.2, -0.15) is 0 Å². The number of rotatable bonds is 8. The largest absolute Gasteiger partial charge is 0.467 e. The number of carbonyl (C=O) groups excluding carboxylic acids is 3. The highest BCUT2D eigenvalue weighted by Crippen LogP contribution is 2.32. The number of methoxy groups -OCH3 is 1. The third-order valence-electron chi connectivity index (χ3n) is 5.24. The lowest BCUT2D eigenvalue weighted by molar-refractivity contribution is -0.132. The van der Waals surface area contributed by atoms with E-state index in [-0.39, 0.29) is 30.7 Å². The Kier molecular flexibility index (Phi) is 5.72. The summed E-state index contributed by atoms with van der Waals surface area (Å²) in [4.78, 5) is 39.6. The van der Waals surface area contributed by atoms with Crippen molar-refractivity contribution in [1.82, 2.24) is 9.47 Å². The number of amides is 1. The van der Waals surface area contributed by atoms with E-state index in [1.54, 1.807) is 34.8 Å². The molecular weight excluding hydrogens is 360 g/mol. The second-order valence-corrected chi connectivity index (χ2v) is 7.14. The van der Waals surface area contributed by atoms with Crippen LogP contribution in [0.4, 0.5) is 0 Å². The molecule has 0 unspecified atom stereocenters. The van der Waals surface area contributed by atoms with E-state index in [0.29, 0.717) is 34.8 Å². The minimum atomic E-state index is -0.469. The molecule has 0 N–H and O–H groups in total. The van der Waals surface area contributed by atoms with Crippen LogP contribution in [0.3, 0.4) is 0 Å². The number of nitrogens with zero attached hydrogens (tertiary/aromatic N) is 2. The van der Waals surface area contributed by atoms with E-state index in [9.17, 15) is 14.4 Å². The molecule has 7 heteroatoms. The fourth-order valence-corrected chi connectivity index (χ4v) is 3.70. The number of ketones is 1. The number of aromatic nitrogens is 1. The lowest BCUT2D eigenvalue weighted by Crippen LogP contribution is -2.36. The molecule has 0 bridgehead atoms. The lowest BCUT2D eigenvalue weighted by atomic mass is 10.0. The summed E-state index contributed by atoms with van der Waals surface area (Å²) >= 11 is 0. The molecule has 1 aliphatic carbocycles. The van der Waals surface area contributed by atoms with Gasteiger partial charge in [0, 0.05) is 23.7 Å². The van der Waals surface area contributed by atoms with Crippen molar-refractivity contribution in [1.29, 1.82) is 0 Å². The minimum absolute atomic E-state index is 0.00386. The summed E-state index contributed by atoms with van der Waals surface area (Å²) in [6.45, 7) is 6.22. The van der Waals surface area contributed by atoms with Gasteiger partial charge in [-0.15, -0.1) is 0 Å². The average Bonchev–Trinajstić information content (AvgIpc) is 3.34. The van der Waals surface area contributed by atoms with Gasteiger partial charge in [0.15, 0.2) is 5.78 Å². The number of carbonyl (C=O) groups is 3. The molecule has 150 valence electrons. The Labute approximate surface area is 164 Å². The molecule has 0 atom stereocenters. The van der Waals surface area contributed by atoms with Crippen LogP contribution < -0.4 is 0 Å². The van der Waals surface area contributed by atoms with Gasteiger partial charge in [-0.05, 0) is 51.3 Å². The first-order valence-corrected chi connectivity index (χ1v) is 9.51. The van der Waals surface area contributed by atoms with Gasteiger partial charge in [0.25, 0.3) is 0 Å². The molecule has 2 heterocycles. The highest BCUT2D eigenvalue weighted by molar-refractivity contribution is 6.04. The maximum Gasteiger partial charge on any atom is 0.354 e. The highest BCUT2D eigenvalue weighted by atomic mass is 16.5. The zero-order valence-electron chi connectivity index (χ0n) is 16.8. The number of furan rings is 1. The van der Waals surface area contributed by atoms with Crippen LogP contribution in [0.15, 0.2) is 22.8 Å². The Balaban J connectivity index is 1.90. The summed E-state index contributed by atoms with van der Waals surface area (Å²) in [6, 6.07) is 3.55. The fourth-order valence-electron chi connectivity index (χ4n) is 3.70. The van der Waals surface area contributed by atoms with Gasteiger partial charge in [-0.3, -0.25) is 9.59 Å². The van der Waals surface area contributed by atoms with Gasteiger partial charge in [0.2, 0.25) is 5.91 Å². The second-order valence-electron chi connectivity index (χ2n) is 7.14. The van der Waals surface area contributed by atoms with Crippen LogP contribution in [-0.2, 0) is 22.6 Å². The van der Waals surface area contributed by atoms with E-state index < -0.39 is 5.97 Å². The van der Waals surface area contributed by atoms with Gasteiger partial charge in [0.05, 0.1) is 26.5 Å². The SMILES string of the molecule is CCn1c(C)c(C(=O)CN(Cc2ccco2)C(=O)C2CC2)c(C)c1C(=O)OC. The molecule has 2 aromatic rings. The molecule has 7 nitrogen and oxygen atoms in total. The van der Waals surface area contributed by atoms with Crippen molar-refractivity contribution in [3.05, 3.63) is 46.7 Å². The van der Waals surface area contributed by atoms with Crippen molar-refractivity contribution in [2.24, 2.45) is 5.92 Å². The van der Waals surface area contributed by atoms with Crippen LogP contribution in [0.25, 0.3) is 0 Å². The molecule has 2 aromatic heterocycles. The van der Waals surface area contributed by atoms with Crippen molar-refractivity contribution in [2.75, 3.05) is 13.7 Å². The lowest BCUT2D eigenvalue weighted by Gasteiger charge is -2.21. The topological polar surface area (TPSA) is 81.8 Å². The van der Waals surface area contributed by atoms with E-state index >= 15 is 0 Å². The molecule has 1 fully saturated rings. The second kappa shape index (κ2) is 8.04. The van der Waals surface area contributed by atoms with Gasteiger partial charge in [-0.25, -0.2) is 4.79 Å². The number of esters is 1. The van der Waals surface area contributed by atoms with Crippen LogP contribution in [0.1, 0.15) is 57.6 Å². The van der Waals surface area contributed by atoms with E-state index in [0.717, 1.165) is 12.8 Å². The van der Waals surface area contributed by atoms with Gasteiger partial charge < -0.3 is 18.6 Å². The Hall–Kier alpha value is -2.83. The third kappa shape index (κ3) is 3.74. The number of hydrogen-bond acceptors (Lipinski definition) is 5. The third-order valence-corrected chi connectivity index (χ3v) is 5.24. The van der Waals surface area contributed by atoms with Gasteiger partial charge >= 0.3 is 5.97 Å². The Bertz CT molecular complexity index is 891. The highest BCUT2D eigenvalue weighted by Gasteiger charge is 2.35. The van der Waals surface area contributed by atoms with E-state index in [1.807, 2.05) is 13.8 Å². The van der Waals surface area contributed by atoms with Crippen molar-refractivity contribution < 1.29 is 23.5 Å². The fraction of sp³-hybridized carbons (Fsp3) is 0.476. The van der Waals surface area contributed by atoms with Crippen LogP contribution in [0.5, 0.6) is 0 Å². The molecule has 0 radical (unpaired) electrons. The Morgan fingerprint density at radius 1 is 1.29 bits per heavy atom. The Morgan fingerprint density at radius 2 is 2.00 bits per heavy atom. The standard InChI is InChI=1S/C21H26N2O5/c1-5-23-14(3)18(13(2)19(23)21(26)27-4)17(24)12-22(20(25)15-8-9-15)11-16-7-6-10-28-16/h6-7,10,15H,5,8-9,11-12H2,1-4H3. The molecule has 1 saturated carbocycles. The molecule has 0 aliphatic heterocycles. The van der Waals surface area contributed by atoms with Crippen molar-refractivity contribution in [3.8, 4) is 0 Å². The van der Waals surface area contributed by atoms with E-state index in [1.165, 1.54) is 7.11 Å². The van der Waals surface area contributed by atoms with E-state index in [4.69, 9.17) is 9.15 Å². The van der Waals surface area contributed by atoms with Crippen molar-refractivity contribution >= 4 is 17.7 Å². The van der Waals surface area contributed by atoms with E-state index in [2.05, 4.69) is 0 Å². The first-order valence-electron chi connectivity index (χ1n) is 9.51. The predicted octanol–water partition coefficient (Wildman–Crippen LogP) is 3.13. The quantitative estimate of drug-likeness (QED) is 0.514. The molecule has 0 aromatic carbocycles. The summed E-state index contributed by atoms with van der Waals surface area (Å²) in [5.41, 5.74) is 2.17. The molecule has 0 saturated heterocycles. The summed E-state index contributed by atoms with van der Waals surface area (Å²) in [7, 11) is 1.32. The number of hydrogen-bond donors (Lipinski definition) is 0. The first-order chi connectivity index (χ1) is 13.4. The van der Waals surface area contributed by atoms with Crippen LogP contribution in [-0.4, -0.2) is 40.8 Å². The minimum Gasteiger partial charge on any atom is -0.467 e. The smallest absolute Gasteiger partial charge is 0.354 e. The predicted molar refractivity (Wildman–Crippen MR) is 102 cm³/mol. The summed E-state index contributed by atoms with van der Waals surface area (Å²) in [6.07, 6.45) is 3.27. The zero-order chi connectivity index (χ0) is 20.4. The molecule has 1 amide bonds. The molecule has 3 rings (SSSR count). The monoisotopic (exact) mass is 386 g/mol. The van der Waals surface area contributed by atoms with Gasteiger partial charge in [0.1, 0.15) is 11.5 Å². The maximum atomic E-state index is 13.2. The van der Waals surface area contributed by atoms with Gasteiger partial charge in [-0.1, -0.05) is 0 Å². The average molecular weight is 386 g/mol. The summed E-state index contributed by atoms with van der Waals surface area (Å²) < 4.78 is 12.0. The summed E-state index contributed by atoms with van der Waals surface area (Å²) in [5.74, 6) is -0.0495. The first kappa shape index (κ1) is 19.9. The van der Waals surface area contributed by atoms with Crippen LogP contribution in [0, 0.1) is 19.8 Å². The molecule has 1 aliphatic rings. The molecule has 28 heavy (non-hydrogen) atoms. The normalized spacial score (nSPS) is 13.4. The summed E-state index contributed by atoms with van der Waals surface area (Å²) in [5, 5.41) is 0.